The van der Waals surface area contributed by atoms with E-state index in [4.69, 9.17) is 0 Å². The van der Waals surface area contributed by atoms with Gasteiger partial charge < -0.3 is 15.2 Å². The second-order valence-corrected chi connectivity index (χ2v) is 6.29. The maximum Gasteiger partial charge on any atom is 0.269 e. The number of Topliss-reactive ketones (excluding diaryl/α,β-unsaturated/α-hetero) is 1. The molecule has 1 heterocycles. The van der Waals surface area contributed by atoms with Gasteiger partial charge in [0.25, 0.3) is 5.69 Å². The highest BCUT2D eigenvalue weighted by molar-refractivity contribution is 7.99. The van der Waals surface area contributed by atoms with E-state index in [0.29, 0.717) is 10.9 Å². The van der Waals surface area contributed by atoms with E-state index in [1.807, 2.05) is 0 Å². The van der Waals surface area contributed by atoms with Crippen LogP contribution in [-0.2, 0) is 0 Å². The lowest BCUT2D eigenvalue weighted by Crippen LogP contribution is -2.02. The Bertz CT molecular complexity index is 969. The van der Waals surface area contributed by atoms with Crippen molar-refractivity contribution < 1.29 is 19.9 Å². The average Bonchev–Trinajstić information content (AvgIpc) is 3.11. The number of nitrogens with one attached hydrogen (secondary N) is 1. The summed E-state index contributed by atoms with van der Waals surface area (Å²) >= 11 is 1.19. The Morgan fingerprint density at radius 2 is 1.88 bits per heavy atom. The van der Waals surface area contributed by atoms with Crippen molar-refractivity contribution in [3.8, 4) is 22.8 Å². The Morgan fingerprint density at radius 3 is 2.54 bits per heavy atom. The Labute approximate surface area is 151 Å². The van der Waals surface area contributed by atoms with E-state index in [9.17, 15) is 25.1 Å². The number of rotatable bonds is 6. The number of aromatic amines is 1. The molecule has 8 nitrogen and oxygen atoms in total. The van der Waals surface area contributed by atoms with Crippen LogP contribution >= 0.6 is 11.8 Å². The van der Waals surface area contributed by atoms with Crippen LogP contribution in [0.3, 0.4) is 0 Å². The summed E-state index contributed by atoms with van der Waals surface area (Å²) < 4.78 is 0. The van der Waals surface area contributed by atoms with Crippen molar-refractivity contribution in [1.29, 1.82) is 0 Å². The number of aromatic nitrogens is 2. The zero-order valence-electron chi connectivity index (χ0n) is 13.2. The van der Waals surface area contributed by atoms with Crippen molar-refractivity contribution in [2.24, 2.45) is 0 Å². The molecule has 3 rings (SSSR count). The number of nitro benzene ring substituents is 1. The zero-order chi connectivity index (χ0) is 18.7. The molecule has 0 spiro atoms. The maximum absolute atomic E-state index is 12.1. The van der Waals surface area contributed by atoms with Crippen molar-refractivity contribution in [1.82, 2.24) is 9.97 Å². The van der Waals surface area contributed by atoms with Gasteiger partial charge in [-0.25, -0.2) is 4.98 Å². The summed E-state index contributed by atoms with van der Waals surface area (Å²) in [4.78, 5) is 29.6. The Hall–Kier alpha value is -3.33. The first-order chi connectivity index (χ1) is 12.4. The molecule has 2 aromatic carbocycles. The summed E-state index contributed by atoms with van der Waals surface area (Å²) in [5, 5.41) is 29.9. The number of hydrogen-bond donors (Lipinski definition) is 3. The number of aromatic hydroxyl groups is 2. The van der Waals surface area contributed by atoms with Crippen LogP contribution in [0.1, 0.15) is 10.4 Å². The zero-order valence-corrected chi connectivity index (χ0v) is 14.1. The monoisotopic (exact) mass is 371 g/mol. The fraction of sp³-hybridized carbons (Fsp3) is 0.0588. The third kappa shape index (κ3) is 3.83. The number of benzene rings is 2. The number of non-ortho nitro benzene ring substituents is 1. The quantitative estimate of drug-likeness (QED) is 0.199. The molecule has 26 heavy (non-hydrogen) atoms. The number of nitrogens with zero attached hydrogens (tertiary/aromatic N) is 2. The van der Waals surface area contributed by atoms with Gasteiger partial charge >= 0.3 is 0 Å². The summed E-state index contributed by atoms with van der Waals surface area (Å²) in [5.74, 6) is -0.761. The number of thioether (sulfide) groups is 1. The Morgan fingerprint density at radius 1 is 1.15 bits per heavy atom. The smallest absolute Gasteiger partial charge is 0.269 e. The summed E-state index contributed by atoms with van der Waals surface area (Å²) in [6.45, 7) is 0. The van der Waals surface area contributed by atoms with E-state index >= 15 is 0 Å². The van der Waals surface area contributed by atoms with Gasteiger partial charge in [0.05, 0.1) is 22.6 Å². The SMILES string of the molecule is O=C(CSc1ncc(-c2ccc([N+](=O)[O-])cc2)[nH]1)c1ccc(O)c(O)c1. The minimum absolute atomic E-state index is 0.00520. The molecule has 132 valence electrons. The third-order valence-corrected chi connectivity index (χ3v) is 4.47. The standard InChI is InChI=1S/C17H13N3O5S/c21-14-6-3-11(7-15(14)22)16(23)9-26-17-18-8-13(19-17)10-1-4-12(5-2-10)20(24)25/h1-8,21-22H,9H2,(H,18,19). The predicted molar refractivity (Wildman–Crippen MR) is 95.5 cm³/mol. The van der Waals surface area contributed by atoms with Crippen LogP contribution in [0.4, 0.5) is 5.69 Å². The first-order valence-electron chi connectivity index (χ1n) is 7.42. The lowest BCUT2D eigenvalue weighted by Gasteiger charge is -2.02. The third-order valence-electron chi connectivity index (χ3n) is 3.58. The minimum atomic E-state index is -0.468. The van der Waals surface area contributed by atoms with Gasteiger partial charge in [-0.3, -0.25) is 14.9 Å². The Balaban J connectivity index is 1.65. The second-order valence-electron chi connectivity index (χ2n) is 5.32. The van der Waals surface area contributed by atoms with Crippen LogP contribution < -0.4 is 0 Å². The molecule has 3 aromatic rings. The fourth-order valence-corrected chi connectivity index (χ4v) is 2.94. The second kappa shape index (κ2) is 7.28. The lowest BCUT2D eigenvalue weighted by atomic mass is 10.1. The van der Waals surface area contributed by atoms with Crippen LogP contribution in [0.25, 0.3) is 11.3 Å². The van der Waals surface area contributed by atoms with Gasteiger partial charge in [-0.15, -0.1) is 0 Å². The van der Waals surface area contributed by atoms with Gasteiger partial charge in [0.2, 0.25) is 0 Å². The minimum Gasteiger partial charge on any atom is -0.504 e. The van der Waals surface area contributed by atoms with Crippen molar-refractivity contribution >= 4 is 23.2 Å². The van der Waals surface area contributed by atoms with Crippen molar-refractivity contribution in [2.45, 2.75) is 5.16 Å². The lowest BCUT2D eigenvalue weighted by molar-refractivity contribution is -0.384. The number of phenolic OH excluding ortho intramolecular Hbond substituents is 2. The van der Waals surface area contributed by atoms with Gasteiger partial charge in [0, 0.05) is 23.3 Å². The molecule has 0 saturated carbocycles. The number of imidazole rings is 1. The first kappa shape index (κ1) is 17.5. The van der Waals surface area contributed by atoms with Gasteiger partial charge in [-0.05, 0) is 30.3 Å². The van der Waals surface area contributed by atoms with E-state index < -0.39 is 4.92 Å². The summed E-state index contributed by atoms with van der Waals surface area (Å²) in [5.41, 5.74) is 1.71. The van der Waals surface area contributed by atoms with Crippen LogP contribution in [0.5, 0.6) is 11.5 Å². The van der Waals surface area contributed by atoms with E-state index in [2.05, 4.69) is 9.97 Å². The predicted octanol–water partition coefficient (Wildman–Crippen LogP) is 3.37. The van der Waals surface area contributed by atoms with Crippen LogP contribution in [0, 0.1) is 10.1 Å². The number of ketones is 1. The molecular weight excluding hydrogens is 358 g/mol. The Kier molecular flexibility index (Phi) is 4.90. The summed E-state index contributed by atoms with van der Waals surface area (Å²) in [7, 11) is 0. The van der Waals surface area contributed by atoms with Gasteiger partial charge in [0.15, 0.2) is 22.4 Å². The molecule has 0 radical (unpaired) electrons. The highest BCUT2D eigenvalue weighted by Crippen LogP contribution is 2.27. The number of hydrogen-bond acceptors (Lipinski definition) is 7. The van der Waals surface area contributed by atoms with Crippen molar-refractivity contribution in [3.63, 3.8) is 0 Å². The van der Waals surface area contributed by atoms with E-state index in [0.717, 1.165) is 5.56 Å². The van der Waals surface area contributed by atoms with E-state index in [-0.39, 0.29) is 34.3 Å². The molecule has 0 bridgehead atoms. The summed E-state index contributed by atoms with van der Waals surface area (Å²) in [6, 6.07) is 9.94. The number of phenols is 2. The normalized spacial score (nSPS) is 10.6. The van der Waals surface area contributed by atoms with E-state index in [1.54, 1.807) is 18.3 Å². The topological polar surface area (TPSA) is 129 Å². The largest absolute Gasteiger partial charge is 0.504 e. The van der Waals surface area contributed by atoms with Crippen molar-refractivity contribution in [2.75, 3.05) is 5.75 Å². The molecule has 9 heteroatoms. The van der Waals surface area contributed by atoms with Crippen LogP contribution in [0.15, 0.2) is 53.8 Å². The van der Waals surface area contributed by atoms with Crippen LogP contribution in [-0.4, -0.2) is 36.6 Å². The number of nitro groups is 1. The van der Waals surface area contributed by atoms with Crippen molar-refractivity contribution in [3.05, 3.63) is 64.3 Å². The number of H-pyrrole nitrogens is 1. The highest BCUT2D eigenvalue weighted by Gasteiger charge is 2.12. The number of carbonyl (C=O) groups is 1. The molecule has 0 atom stereocenters. The molecule has 0 amide bonds. The van der Waals surface area contributed by atoms with Gasteiger partial charge in [0.1, 0.15) is 0 Å². The van der Waals surface area contributed by atoms with E-state index in [1.165, 1.54) is 42.1 Å². The molecule has 0 saturated heterocycles. The van der Waals surface area contributed by atoms with Gasteiger partial charge in [-0.2, -0.15) is 0 Å². The van der Waals surface area contributed by atoms with Gasteiger partial charge in [-0.1, -0.05) is 11.8 Å². The highest BCUT2D eigenvalue weighted by atomic mass is 32.2. The molecular formula is C17H13N3O5S. The molecule has 0 unspecified atom stereocenters. The molecule has 1 aromatic heterocycles. The number of carbonyl (C=O) groups excluding carboxylic acids is 1. The molecule has 0 aliphatic carbocycles. The average molecular weight is 371 g/mol. The molecule has 0 fully saturated rings. The summed E-state index contributed by atoms with van der Waals surface area (Å²) in [6.07, 6.45) is 1.58. The fourth-order valence-electron chi connectivity index (χ4n) is 2.20. The first-order valence-corrected chi connectivity index (χ1v) is 8.40. The maximum atomic E-state index is 12.1. The molecule has 0 aliphatic heterocycles. The van der Waals surface area contributed by atoms with Crippen LogP contribution in [0.2, 0.25) is 0 Å². The molecule has 0 aliphatic rings. The molecule has 3 N–H and O–H groups in total.